The minimum absolute atomic E-state index is 0.196. The minimum Gasteiger partial charge on any atom is -0.399 e. The summed E-state index contributed by atoms with van der Waals surface area (Å²) in [5, 5.41) is -0.309. The first kappa shape index (κ1) is 13.4. The maximum atomic E-state index is 12.2. The Labute approximate surface area is 109 Å². The second-order valence-corrected chi connectivity index (χ2v) is 8.17. The van der Waals surface area contributed by atoms with Gasteiger partial charge in [0.1, 0.15) is 0 Å². The summed E-state index contributed by atoms with van der Waals surface area (Å²) in [5.74, 6) is 0.251. The molecule has 2 N–H and O–H groups in total. The van der Waals surface area contributed by atoms with Crippen LogP contribution in [0.3, 0.4) is 0 Å². The summed E-state index contributed by atoms with van der Waals surface area (Å²) in [6, 6.07) is 7.68. The summed E-state index contributed by atoms with van der Waals surface area (Å²) >= 11 is 0. The second-order valence-electron chi connectivity index (χ2n) is 5.62. The number of nitrogens with two attached hydrogens (primary N) is 1. The third-order valence-electron chi connectivity index (χ3n) is 4.01. The Hall–Kier alpha value is -1.03. The number of benzene rings is 1. The average molecular weight is 267 g/mol. The van der Waals surface area contributed by atoms with Crippen molar-refractivity contribution in [2.45, 2.75) is 43.8 Å². The zero-order valence-corrected chi connectivity index (χ0v) is 11.8. The van der Waals surface area contributed by atoms with Gasteiger partial charge in [0.25, 0.3) is 0 Å². The van der Waals surface area contributed by atoms with E-state index >= 15 is 0 Å². The lowest BCUT2D eigenvalue weighted by Crippen LogP contribution is -2.42. The van der Waals surface area contributed by atoms with Crippen molar-refractivity contribution in [3.05, 3.63) is 29.8 Å². The molecule has 1 aromatic rings. The normalized spacial score (nSPS) is 18.6. The average Bonchev–Trinajstić information content (AvgIpc) is 2.23. The Morgan fingerprint density at radius 2 is 2.00 bits per heavy atom. The van der Waals surface area contributed by atoms with Crippen molar-refractivity contribution in [1.82, 2.24) is 0 Å². The van der Waals surface area contributed by atoms with E-state index in [1.165, 1.54) is 0 Å². The molecule has 1 aliphatic carbocycles. The van der Waals surface area contributed by atoms with Crippen molar-refractivity contribution in [2.24, 2.45) is 0 Å². The maximum absolute atomic E-state index is 12.2. The van der Waals surface area contributed by atoms with E-state index < -0.39 is 9.84 Å². The van der Waals surface area contributed by atoms with Crippen LogP contribution in [0.1, 0.15) is 38.7 Å². The van der Waals surface area contributed by atoms with E-state index in [9.17, 15) is 8.42 Å². The first-order chi connectivity index (χ1) is 8.36. The number of rotatable bonds is 4. The van der Waals surface area contributed by atoms with Crippen LogP contribution >= 0.6 is 0 Å². The summed E-state index contributed by atoms with van der Waals surface area (Å²) in [6.45, 7) is 3.50. The number of anilines is 1. The highest BCUT2D eigenvalue weighted by atomic mass is 32.2. The molecule has 0 aliphatic heterocycles. The Balaban J connectivity index is 2.33. The highest BCUT2D eigenvalue weighted by Gasteiger charge is 2.43. The van der Waals surface area contributed by atoms with Gasteiger partial charge in [-0.05, 0) is 44.4 Å². The Morgan fingerprint density at radius 1 is 1.33 bits per heavy atom. The van der Waals surface area contributed by atoms with Crippen LogP contribution in [0, 0.1) is 0 Å². The first-order valence-electron chi connectivity index (χ1n) is 6.43. The van der Waals surface area contributed by atoms with Crippen LogP contribution in [0.15, 0.2) is 24.3 Å². The van der Waals surface area contributed by atoms with E-state index in [1.54, 1.807) is 13.8 Å². The molecular formula is C14H21NO2S. The second kappa shape index (κ2) is 4.57. The smallest absolute Gasteiger partial charge is 0.153 e. The topological polar surface area (TPSA) is 60.2 Å². The SMILES string of the molecule is CC(C)S(=O)(=O)CC1(c2cccc(N)c2)CCC1. The fraction of sp³-hybridized carbons (Fsp3) is 0.571. The Kier molecular flexibility index (Phi) is 3.41. The molecule has 1 aromatic carbocycles. The van der Waals surface area contributed by atoms with Gasteiger partial charge in [-0.25, -0.2) is 8.42 Å². The molecular weight excluding hydrogens is 246 g/mol. The molecule has 0 saturated heterocycles. The van der Waals surface area contributed by atoms with E-state index in [0.29, 0.717) is 5.69 Å². The van der Waals surface area contributed by atoms with Crippen LogP contribution in [-0.4, -0.2) is 19.4 Å². The maximum Gasteiger partial charge on any atom is 0.153 e. The minimum atomic E-state index is -3.02. The van der Waals surface area contributed by atoms with Crippen molar-refractivity contribution in [3.63, 3.8) is 0 Å². The number of hydrogen-bond donors (Lipinski definition) is 1. The van der Waals surface area contributed by atoms with Gasteiger partial charge < -0.3 is 5.73 Å². The summed E-state index contributed by atoms with van der Waals surface area (Å²) in [5.41, 5.74) is 7.40. The zero-order valence-electron chi connectivity index (χ0n) is 11.0. The van der Waals surface area contributed by atoms with Crippen LogP contribution < -0.4 is 5.73 Å². The molecule has 0 bridgehead atoms. The quantitative estimate of drug-likeness (QED) is 0.853. The fourth-order valence-electron chi connectivity index (χ4n) is 2.54. The molecule has 100 valence electrons. The third kappa shape index (κ3) is 2.39. The van der Waals surface area contributed by atoms with Crippen molar-refractivity contribution in [3.8, 4) is 0 Å². The first-order valence-corrected chi connectivity index (χ1v) is 8.15. The van der Waals surface area contributed by atoms with Gasteiger partial charge >= 0.3 is 0 Å². The molecule has 0 spiro atoms. The molecule has 1 fully saturated rings. The van der Waals surface area contributed by atoms with Gasteiger partial charge in [0, 0.05) is 11.1 Å². The molecule has 0 aromatic heterocycles. The molecule has 3 nitrogen and oxygen atoms in total. The van der Waals surface area contributed by atoms with Crippen molar-refractivity contribution in [2.75, 3.05) is 11.5 Å². The monoisotopic (exact) mass is 267 g/mol. The van der Waals surface area contributed by atoms with Crippen LogP contribution in [0.2, 0.25) is 0 Å². The summed E-state index contributed by atoms with van der Waals surface area (Å²) in [6.07, 6.45) is 2.99. The predicted octanol–water partition coefficient (Wildman–Crippen LogP) is 2.51. The van der Waals surface area contributed by atoms with Gasteiger partial charge in [0.2, 0.25) is 0 Å². The molecule has 1 aliphatic rings. The van der Waals surface area contributed by atoms with Crippen LogP contribution in [-0.2, 0) is 15.3 Å². The molecule has 0 heterocycles. The summed E-state index contributed by atoms with van der Waals surface area (Å²) in [4.78, 5) is 0. The van der Waals surface area contributed by atoms with Gasteiger partial charge in [-0.1, -0.05) is 18.6 Å². The van der Waals surface area contributed by atoms with Crippen molar-refractivity contribution in [1.29, 1.82) is 0 Å². The van der Waals surface area contributed by atoms with E-state index in [1.807, 2.05) is 24.3 Å². The van der Waals surface area contributed by atoms with Gasteiger partial charge in [-0.15, -0.1) is 0 Å². The largest absolute Gasteiger partial charge is 0.399 e. The lowest BCUT2D eigenvalue weighted by molar-refractivity contribution is 0.274. The highest BCUT2D eigenvalue weighted by Crippen LogP contribution is 2.45. The van der Waals surface area contributed by atoms with Crippen LogP contribution in [0.25, 0.3) is 0 Å². The number of hydrogen-bond acceptors (Lipinski definition) is 3. The molecule has 0 atom stereocenters. The zero-order chi connectivity index (χ0) is 13.4. The number of nitrogen functional groups attached to an aromatic ring is 1. The number of sulfone groups is 1. The summed E-state index contributed by atoms with van der Waals surface area (Å²) in [7, 11) is -3.02. The van der Waals surface area contributed by atoms with Gasteiger partial charge in [0.15, 0.2) is 9.84 Å². The van der Waals surface area contributed by atoms with E-state index in [-0.39, 0.29) is 16.4 Å². The van der Waals surface area contributed by atoms with Crippen molar-refractivity contribution >= 4 is 15.5 Å². The van der Waals surface area contributed by atoms with E-state index in [0.717, 1.165) is 24.8 Å². The van der Waals surface area contributed by atoms with Gasteiger partial charge in [0.05, 0.1) is 11.0 Å². The molecule has 18 heavy (non-hydrogen) atoms. The van der Waals surface area contributed by atoms with Gasteiger partial charge in [-0.3, -0.25) is 0 Å². The van der Waals surface area contributed by atoms with E-state index in [4.69, 9.17) is 5.73 Å². The lowest BCUT2D eigenvalue weighted by Gasteiger charge is -2.42. The fourth-order valence-corrected chi connectivity index (χ4v) is 4.10. The molecule has 0 unspecified atom stereocenters. The standard InChI is InChI=1S/C14H21NO2S/c1-11(2)18(16,17)10-14(7-4-8-14)12-5-3-6-13(15)9-12/h3,5-6,9,11H,4,7-8,10,15H2,1-2H3. The molecule has 1 saturated carbocycles. The molecule has 4 heteroatoms. The lowest BCUT2D eigenvalue weighted by atomic mass is 9.66. The van der Waals surface area contributed by atoms with Crippen molar-refractivity contribution < 1.29 is 8.42 Å². The predicted molar refractivity (Wildman–Crippen MR) is 75.3 cm³/mol. The van der Waals surface area contributed by atoms with E-state index in [2.05, 4.69) is 0 Å². The third-order valence-corrected chi connectivity index (χ3v) is 6.40. The van der Waals surface area contributed by atoms with Crippen LogP contribution in [0.5, 0.6) is 0 Å². The highest BCUT2D eigenvalue weighted by molar-refractivity contribution is 7.92. The summed E-state index contributed by atoms with van der Waals surface area (Å²) < 4.78 is 24.3. The Bertz CT molecular complexity index is 530. The Morgan fingerprint density at radius 3 is 2.44 bits per heavy atom. The van der Waals surface area contributed by atoms with Crippen LogP contribution in [0.4, 0.5) is 5.69 Å². The molecule has 0 radical (unpaired) electrons. The molecule has 0 amide bonds. The van der Waals surface area contributed by atoms with Gasteiger partial charge in [-0.2, -0.15) is 0 Å². The molecule has 2 rings (SSSR count).